The molecule has 0 saturated heterocycles. The number of rotatable bonds is 2. The zero-order chi connectivity index (χ0) is 8.48. The normalized spacial score (nSPS) is 11.5. The number of hydrogen-bond acceptors (Lipinski definition) is 3. The van der Waals surface area contributed by atoms with Crippen LogP contribution in [-0.2, 0) is 4.57 Å². The van der Waals surface area contributed by atoms with E-state index in [1.54, 1.807) is 6.92 Å². The first-order valence-corrected chi connectivity index (χ1v) is 4.27. The van der Waals surface area contributed by atoms with Gasteiger partial charge in [0.05, 0.1) is 6.20 Å². The Labute approximate surface area is 62.5 Å². The summed E-state index contributed by atoms with van der Waals surface area (Å²) in [5, 5.41) is 0. The molecular weight excluding hydrogens is 171 g/mol. The van der Waals surface area contributed by atoms with Gasteiger partial charge in [0.15, 0.2) is 0 Å². The molecule has 11 heavy (non-hydrogen) atoms. The van der Waals surface area contributed by atoms with E-state index < -0.39 is 7.82 Å². The van der Waals surface area contributed by atoms with E-state index in [2.05, 4.69) is 14.5 Å². The molecule has 1 rings (SSSR count). The molecule has 1 aromatic rings. The zero-order valence-corrected chi connectivity index (χ0v) is 6.58. The number of nitrogens with one attached hydrogen (secondary N) is 1. The van der Waals surface area contributed by atoms with Gasteiger partial charge in [-0.15, -0.1) is 0 Å². The van der Waals surface area contributed by atoms with E-state index in [1.807, 2.05) is 0 Å². The summed E-state index contributed by atoms with van der Waals surface area (Å²) in [6, 6.07) is -0.171. The van der Waals surface area contributed by atoms with E-state index in [4.69, 9.17) is 9.79 Å². The Balaban J connectivity index is 2.73. The Hall–Kier alpha value is -0.840. The Morgan fingerprint density at radius 2 is 2.36 bits per heavy atom. The average molecular weight is 178 g/mol. The van der Waals surface area contributed by atoms with Crippen molar-refractivity contribution >= 4 is 7.82 Å². The molecule has 0 atom stereocenters. The number of aromatic nitrogens is 2. The largest absolute Gasteiger partial charge is 0.527 e. The Kier molecular flexibility index (Phi) is 1.99. The molecule has 0 fully saturated rings. The van der Waals surface area contributed by atoms with Crippen molar-refractivity contribution in [2.75, 3.05) is 0 Å². The van der Waals surface area contributed by atoms with Crippen LogP contribution in [0.15, 0.2) is 6.20 Å². The summed E-state index contributed by atoms with van der Waals surface area (Å²) in [5.41, 5.74) is 0.674. The van der Waals surface area contributed by atoms with Gasteiger partial charge in [0.2, 0.25) is 0 Å². The highest BCUT2D eigenvalue weighted by molar-refractivity contribution is 7.46. The highest BCUT2D eigenvalue weighted by atomic mass is 31.2. The lowest BCUT2D eigenvalue weighted by atomic mass is 10.6. The van der Waals surface area contributed by atoms with Crippen molar-refractivity contribution in [1.29, 1.82) is 0 Å². The molecule has 1 heterocycles. The third-order valence-electron chi connectivity index (χ3n) is 0.885. The van der Waals surface area contributed by atoms with Crippen molar-refractivity contribution in [3.63, 3.8) is 0 Å². The van der Waals surface area contributed by atoms with Gasteiger partial charge in [0.25, 0.3) is 0 Å². The van der Waals surface area contributed by atoms with E-state index in [0.717, 1.165) is 0 Å². The summed E-state index contributed by atoms with van der Waals surface area (Å²) in [6.07, 6.45) is 1.41. The standard InChI is InChI=1S/C4H7N2O4P/c1-3-2-5-4(6-3)10-11(7,8)9/h2H,1H3,(H,5,6)(H2,7,8,9). The van der Waals surface area contributed by atoms with Gasteiger partial charge in [-0.05, 0) is 6.92 Å². The van der Waals surface area contributed by atoms with Crippen molar-refractivity contribution in [2.45, 2.75) is 6.92 Å². The highest BCUT2D eigenvalue weighted by Gasteiger charge is 2.17. The van der Waals surface area contributed by atoms with Gasteiger partial charge < -0.3 is 9.51 Å². The number of imidazole rings is 1. The second-order valence-corrected chi connectivity index (χ2v) is 3.12. The van der Waals surface area contributed by atoms with Gasteiger partial charge in [-0.1, -0.05) is 0 Å². The first-order valence-electron chi connectivity index (χ1n) is 2.74. The average Bonchev–Trinajstić information content (AvgIpc) is 2.10. The molecule has 0 aromatic carbocycles. The minimum atomic E-state index is -4.47. The van der Waals surface area contributed by atoms with Crippen molar-refractivity contribution in [2.24, 2.45) is 0 Å². The maximum atomic E-state index is 10.2. The van der Waals surface area contributed by atoms with Crippen LogP contribution in [0.5, 0.6) is 6.01 Å². The van der Waals surface area contributed by atoms with Crippen LogP contribution in [0, 0.1) is 6.92 Å². The van der Waals surface area contributed by atoms with E-state index in [1.165, 1.54) is 6.20 Å². The van der Waals surface area contributed by atoms with Gasteiger partial charge in [0, 0.05) is 5.69 Å². The molecule has 62 valence electrons. The Morgan fingerprint density at radius 3 is 2.73 bits per heavy atom. The van der Waals surface area contributed by atoms with Crippen molar-refractivity contribution in [1.82, 2.24) is 9.97 Å². The van der Waals surface area contributed by atoms with Gasteiger partial charge in [0.1, 0.15) is 0 Å². The molecule has 0 aliphatic carbocycles. The molecule has 0 saturated carbocycles. The van der Waals surface area contributed by atoms with Crippen LogP contribution < -0.4 is 4.52 Å². The summed E-state index contributed by atoms with van der Waals surface area (Å²) in [4.78, 5) is 22.7. The summed E-state index contributed by atoms with van der Waals surface area (Å²) in [6.45, 7) is 1.69. The molecular formula is C4H7N2O4P. The number of aryl methyl sites for hydroxylation is 1. The third-order valence-corrected chi connectivity index (χ3v) is 1.30. The maximum absolute atomic E-state index is 10.2. The van der Waals surface area contributed by atoms with Crippen molar-refractivity contribution in [3.05, 3.63) is 11.9 Å². The molecule has 0 aliphatic heterocycles. The lowest BCUT2D eigenvalue weighted by Crippen LogP contribution is -1.91. The van der Waals surface area contributed by atoms with Gasteiger partial charge in [-0.25, -0.2) is 9.55 Å². The third kappa shape index (κ3) is 2.71. The highest BCUT2D eigenvalue weighted by Crippen LogP contribution is 2.35. The predicted molar refractivity (Wildman–Crippen MR) is 36.0 cm³/mol. The molecule has 3 N–H and O–H groups in total. The first kappa shape index (κ1) is 8.26. The van der Waals surface area contributed by atoms with Crippen LogP contribution in [0.3, 0.4) is 0 Å². The zero-order valence-electron chi connectivity index (χ0n) is 5.68. The molecule has 6 nitrogen and oxygen atoms in total. The lowest BCUT2D eigenvalue weighted by molar-refractivity contribution is 0.276. The van der Waals surface area contributed by atoms with Crippen LogP contribution in [0.1, 0.15) is 5.69 Å². The summed E-state index contributed by atoms with van der Waals surface area (Å²) in [7, 11) is -4.47. The number of aromatic amines is 1. The fourth-order valence-corrected chi connectivity index (χ4v) is 0.866. The quantitative estimate of drug-likeness (QED) is 0.562. The van der Waals surface area contributed by atoms with Crippen molar-refractivity contribution < 1.29 is 18.9 Å². The number of hydrogen-bond donors (Lipinski definition) is 3. The molecule has 7 heteroatoms. The maximum Gasteiger partial charge on any atom is 0.527 e. The lowest BCUT2D eigenvalue weighted by Gasteiger charge is -2.00. The SMILES string of the molecule is Cc1cnc(OP(=O)(O)O)[nH]1. The molecule has 0 radical (unpaired) electrons. The first-order chi connectivity index (χ1) is 4.97. The molecule has 0 spiro atoms. The van der Waals surface area contributed by atoms with Gasteiger partial charge in [-0.2, -0.15) is 0 Å². The summed E-state index contributed by atoms with van der Waals surface area (Å²) >= 11 is 0. The number of phosphoric acid groups is 1. The Bertz CT molecular complexity index is 290. The summed E-state index contributed by atoms with van der Waals surface area (Å²) < 4.78 is 14.3. The molecule has 0 aliphatic rings. The van der Waals surface area contributed by atoms with Crippen LogP contribution in [0.4, 0.5) is 0 Å². The number of phosphoric ester groups is 1. The topological polar surface area (TPSA) is 95.4 Å². The van der Waals surface area contributed by atoms with E-state index >= 15 is 0 Å². The second-order valence-electron chi connectivity index (χ2n) is 1.95. The van der Waals surface area contributed by atoms with E-state index in [0.29, 0.717) is 5.69 Å². The minimum Gasteiger partial charge on any atom is -0.370 e. The number of nitrogens with zero attached hydrogens (tertiary/aromatic N) is 1. The number of H-pyrrole nitrogens is 1. The van der Waals surface area contributed by atoms with Crippen molar-refractivity contribution in [3.8, 4) is 6.01 Å². The van der Waals surface area contributed by atoms with Crippen LogP contribution in [0.25, 0.3) is 0 Å². The fraction of sp³-hybridized carbons (Fsp3) is 0.250. The van der Waals surface area contributed by atoms with E-state index in [-0.39, 0.29) is 6.01 Å². The predicted octanol–water partition coefficient (Wildman–Crippen LogP) is 0.190. The van der Waals surface area contributed by atoms with E-state index in [9.17, 15) is 4.57 Å². The monoisotopic (exact) mass is 178 g/mol. The molecule has 0 amide bonds. The smallest absolute Gasteiger partial charge is 0.370 e. The second kappa shape index (κ2) is 2.65. The molecule has 0 bridgehead atoms. The molecule has 0 unspecified atom stereocenters. The van der Waals surface area contributed by atoms with Crippen LogP contribution in [-0.4, -0.2) is 19.8 Å². The summed E-state index contributed by atoms with van der Waals surface area (Å²) in [5.74, 6) is 0. The van der Waals surface area contributed by atoms with Crippen LogP contribution in [0.2, 0.25) is 0 Å². The fourth-order valence-electron chi connectivity index (χ4n) is 0.548. The van der Waals surface area contributed by atoms with Gasteiger partial charge in [-0.3, -0.25) is 9.79 Å². The van der Waals surface area contributed by atoms with Crippen LogP contribution >= 0.6 is 7.82 Å². The molecule has 1 aromatic heterocycles. The van der Waals surface area contributed by atoms with Gasteiger partial charge >= 0.3 is 13.8 Å². The minimum absolute atomic E-state index is 0.171. The Morgan fingerprint density at radius 1 is 1.73 bits per heavy atom.